The summed E-state index contributed by atoms with van der Waals surface area (Å²) in [5, 5.41) is 3.59. The second-order valence-corrected chi connectivity index (χ2v) is 8.28. The molecule has 26 heavy (non-hydrogen) atoms. The van der Waals surface area contributed by atoms with E-state index in [2.05, 4.69) is 0 Å². The van der Waals surface area contributed by atoms with Crippen molar-refractivity contribution < 1.29 is 4.74 Å². The van der Waals surface area contributed by atoms with E-state index in [-0.39, 0.29) is 11.7 Å². The number of hydrogen-bond acceptors (Lipinski definition) is 5. The van der Waals surface area contributed by atoms with Gasteiger partial charge in [-0.15, -0.1) is 11.3 Å². The minimum Gasteiger partial charge on any atom is -0.377 e. The van der Waals surface area contributed by atoms with Crippen LogP contribution in [0.3, 0.4) is 0 Å². The van der Waals surface area contributed by atoms with E-state index in [1.807, 2.05) is 42.6 Å². The summed E-state index contributed by atoms with van der Waals surface area (Å²) in [5.41, 5.74) is 2.11. The summed E-state index contributed by atoms with van der Waals surface area (Å²) in [7, 11) is 0. The Hall–Kier alpha value is -1.63. The Bertz CT molecular complexity index is 944. The Morgan fingerprint density at radius 2 is 2.15 bits per heavy atom. The minimum atomic E-state index is 0.0599. The summed E-state index contributed by atoms with van der Waals surface area (Å²) >= 11 is 3.19. The highest BCUT2D eigenvalue weighted by Crippen LogP contribution is 2.32. The molecule has 0 bridgehead atoms. The van der Waals surface area contributed by atoms with Crippen LogP contribution in [0.4, 0.5) is 0 Å². The Morgan fingerprint density at radius 3 is 2.88 bits per heavy atom. The first-order valence-electron chi connectivity index (χ1n) is 9.09. The van der Waals surface area contributed by atoms with E-state index in [9.17, 15) is 4.79 Å². The molecule has 0 radical (unpaired) electrons. The van der Waals surface area contributed by atoms with Crippen LogP contribution in [0.25, 0.3) is 21.3 Å². The molecule has 1 aromatic carbocycles. The van der Waals surface area contributed by atoms with Crippen LogP contribution in [0.2, 0.25) is 0 Å². The topological polar surface area (TPSA) is 44.1 Å². The van der Waals surface area contributed by atoms with Gasteiger partial charge in [-0.25, -0.2) is 4.98 Å². The van der Waals surface area contributed by atoms with Crippen molar-refractivity contribution in [1.82, 2.24) is 9.55 Å². The molecule has 1 fully saturated rings. The molecule has 0 aliphatic carbocycles. The molecular formula is C20H22N2O2S2. The lowest BCUT2D eigenvalue weighted by Crippen LogP contribution is -2.24. The SMILES string of the molecule is CCn1c(SC[C@H]2CCCCO2)nc2scc(-c3ccccc3)c2c1=O. The predicted molar refractivity (Wildman–Crippen MR) is 109 cm³/mol. The minimum absolute atomic E-state index is 0.0599. The second-order valence-electron chi connectivity index (χ2n) is 6.44. The highest BCUT2D eigenvalue weighted by atomic mass is 32.2. The molecule has 4 nitrogen and oxygen atoms in total. The fourth-order valence-corrected chi connectivity index (χ4v) is 5.45. The highest BCUT2D eigenvalue weighted by molar-refractivity contribution is 7.99. The van der Waals surface area contributed by atoms with E-state index >= 15 is 0 Å². The molecule has 1 aliphatic heterocycles. The molecule has 0 N–H and O–H groups in total. The molecule has 1 saturated heterocycles. The van der Waals surface area contributed by atoms with Crippen LogP contribution in [0, 0.1) is 0 Å². The van der Waals surface area contributed by atoms with Crippen molar-refractivity contribution in [2.24, 2.45) is 0 Å². The first kappa shape index (κ1) is 17.8. The maximum atomic E-state index is 13.2. The summed E-state index contributed by atoms with van der Waals surface area (Å²) in [4.78, 5) is 18.8. The maximum Gasteiger partial charge on any atom is 0.263 e. The van der Waals surface area contributed by atoms with E-state index in [1.54, 1.807) is 27.7 Å². The van der Waals surface area contributed by atoms with Crippen molar-refractivity contribution in [3.63, 3.8) is 0 Å². The van der Waals surface area contributed by atoms with Crippen LogP contribution >= 0.6 is 23.1 Å². The van der Waals surface area contributed by atoms with Gasteiger partial charge in [0.15, 0.2) is 5.16 Å². The monoisotopic (exact) mass is 386 g/mol. The summed E-state index contributed by atoms with van der Waals surface area (Å²) in [6.45, 7) is 3.48. The Labute approximate surface area is 161 Å². The quantitative estimate of drug-likeness (QED) is 0.466. The van der Waals surface area contributed by atoms with Crippen LogP contribution in [0.1, 0.15) is 26.2 Å². The van der Waals surface area contributed by atoms with Crippen LogP contribution in [0.5, 0.6) is 0 Å². The number of aromatic nitrogens is 2. The van der Waals surface area contributed by atoms with E-state index in [0.717, 1.165) is 51.7 Å². The van der Waals surface area contributed by atoms with Gasteiger partial charge in [0.1, 0.15) is 4.83 Å². The third-order valence-corrected chi connectivity index (χ3v) is 6.71. The van der Waals surface area contributed by atoms with Crippen LogP contribution in [-0.4, -0.2) is 28.0 Å². The number of fused-ring (bicyclic) bond motifs is 1. The van der Waals surface area contributed by atoms with Crippen molar-refractivity contribution in [3.05, 3.63) is 46.1 Å². The number of ether oxygens (including phenoxy) is 1. The lowest BCUT2D eigenvalue weighted by molar-refractivity contribution is 0.0315. The molecule has 0 amide bonds. The zero-order valence-electron chi connectivity index (χ0n) is 14.8. The van der Waals surface area contributed by atoms with Gasteiger partial charge in [0.25, 0.3) is 5.56 Å². The number of thioether (sulfide) groups is 1. The van der Waals surface area contributed by atoms with E-state index in [4.69, 9.17) is 9.72 Å². The third kappa shape index (κ3) is 3.46. The molecule has 3 heterocycles. The van der Waals surface area contributed by atoms with Gasteiger partial charge in [-0.3, -0.25) is 9.36 Å². The zero-order chi connectivity index (χ0) is 17.9. The molecule has 0 saturated carbocycles. The average Bonchev–Trinajstić information content (AvgIpc) is 3.12. The molecule has 3 aromatic rings. The highest BCUT2D eigenvalue weighted by Gasteiger charge is 2.19. The van der Waals surface area contributed by atoms with Crippen molar-refractivity contribution in [2.75, 3.05) is 12.4 Å². The van der Waals surface area contributed by atoms with Crippen molar-refractivity contribution in [1.29, 1.82) is 0 Å². The van der Waals surface area contributed by atoms with E-state index in [1.165, 1.54) is 6.42 Å². The number of thiophene rings is 1. The summed E-state index contributed by atoms with van der Waals surface area (Å²) in [6, 6.07) is 10.1. The van der Waals surface area contributed by atoms with Crippen molar-refractivity contribution >= 4 is 33.3 Å². The first-order chi connectivity index (χ1) is 12.8. The normalized spacial score (nSPS) is 17.7. The predicted octanol–water partition coefficient (Wildman–Crippen LogP) is 4.81. The smallest absolute Gasteiger partial charge is 0.263 e. The van der Waals surface area contributed by atoms with Crippen LogP contribution < -0.4 is 5.56 Å². The molecule has 0 spiro atoms. The van der Waals surface area contributed by atoms with E-state index < -0.39 is 0 Å². The molecule has 4 rings (SSSR count). The van der Waals surface area contributed by atoms with Crippen LogP contribution in [-0.2, 0) is 11.3 Å². The molecular weight excluding hydrogens is 364 g/mol. The standard InChI is InChI=1S/C20H22N2O2S2/c1-2-22-19(23)17-16(14-8-4-3-5-9-14)13-25-18(17)21-20(22)26-12-15-10-6-7-11-24-15/h3-5,8-9,13,15H,2,6-7,10-12H2,1H3/t15-/m1/s1. The van der Waals surface area contributed by atoms with Crippen LogP contribution in [0.15, 0.2) is 45.7 Å². The van der Waals surface area contributed by atoms with Gasteiger partial charge < -0.3 is 4.74 Å². The molecule has 0 unspecified atom stereocenters. The molecule has 1 aliphatic rings. The molecule has 1 atom stereocenters. The number of nitrogens with zero attached hydrogens (tertiary/aromatic N) is 2. The fourth-order valence-electron chi connectivity index (χ4n) is 3.33. The van der Waals surface area contributed by atoms with Gasteiger partial charge in [0.05, 0.1) is 11.5 Å². The lowest BCUT2D eigenvalue weighted by Gasteiger charge is -2.22. The molecule has 6 heteroatoms. The Kier molecular flexibility index (Phi) is 5.43. The molecule has 2 aromatic heterocycles. The maximum absolute atomic E-state index is 13.2. The van der Waals surface area contributed by atoms with Gasteiger partial charge in [-0.1, -0.05) is 42.1 Å². The largest absolute Gasteiger partial charge is 0.377 e. The van der Waals surface area contributed by atoms with E-state index in [0.29, 0.717) is 6.54 Å². The summed E-state index contributed by atoms with van der Waals surface area (Å²) < 4.78 is 7.62. The van der Waals surface area contributed by atoms with Gasteiger partial charge in [-0.05, 0) is 31.7 Å². The summed E-state index contributed by atoms with van der Waals surface area (Å²) in [6.07, 6.45) is 3.75. The second kappa shape index (κ2) is 7.94. The average molecular weight is 387 g/mol. The number of hydrogen-bond donors (Lipinski definition) is 0. The fraction of sp³-hybridized carbons (Fsp3) is 0.400. The van der Waals surface area contributed by atoms with Gasteiger partial charge in [-0.2, -0.15) is 0 Å². The van der Waals surface area contributed by atoms with Gasteiger partial charge in [0, 0.05) is 29.8 Å². The number of benzene rings is 1. The Morgan fingerprint density at radius 1 is 1.31 bits per heavy atom. The van der Waals surface area contributed by atoms with Crippen molar-refractivity contribution in [2.45, 2.75) is 44.0 Å². The molecule has 136 valence electrons. The van der Waals surface area contributed by atoms with Crippen molar-refractivity contribution in [3.8, 4) is 11.1 Å². The summed E-state index contributed by atoms with van der Waals surface area (Å²) in [5.74, 6) is 0.856. The van der Waals surface area contributed by atoms with Gasteiger partial charge in [0.2, 0.25) is 0 Å². The zero-order valence-corrected chi connectivity index (χ0v) is 16.4. The third-order valence-electron chi connectivity index (χ3n) is 4.73. The lowest BCUT2D eigenvalue weighted by atomic mass is 10.1. The Balaban J connectivity index is 1.70. The number of rotatable bonds is 5. The van der Waals surface area contributed by atoms with Gasteiger partial charge >= 0.3 is 0 Å². The first-order valence-corrected chi connectivity index (χ1v) is 11.0.